The molecule has 2 aromatic heterocycles. The summed E-state index contributed by atoms with van der Waals surface area (Å²) in [6.45, 7) is 2.01. The molecule has 0 spiro atoms. The second-order valence-corrected chi connectivity index (χ2v) is 3.57. The maximum absolute atomic E-state index is 4.34. The van der Waals surface area contributed by atoms with Crippen molar-refractivity contribution in [2.24, 2.45) is 7.05 Å². The largest absolute Gasteiger partial charge is 0.336 e. The third-order valence-electron chi connectivity index (χ3n) is 2.59. The number of hydrogen-bond donors (Lipinski definition) is 2. The molecule has 0 saturated carbocycles. The Kier molecular flexibility index (Phi) is 2.55. The molecule has 1 atom stereocenters. The second-order valence-electron chi connectivity index (χ2n) is 3.57. The van der Waals surface area contributed by atoms with E-state index in [-0.39, 0.29) is 6.04 Å². The van der Waals surface area contributed by atoms with Crippen LogP contribution in [0.3, 0.4) is 0 Å². The molecule has 0 bridgehead atoms. The summed E-state index contributed by atoms with van der Waals surface area (Å²) in [5, 5.41) is 10.2. The van der Waals surface area contributed by atoms with E-state index >= 15 is 0 Å². The number of imidazole rings is 1. The van der Waals surface area contributed by atoms with Gasteiger partial charge >= 0.3 is 0 Å². The van der Waals surface area contributed by atoms with Crippen molar-refractivity contribution in [1.29, 1.82) is 0 Å². The molecule has 5 nitrogen and oxygen atoms in total. The van der Waals surface area contributed by atoms with Gasteiger partial charge in [-0.05, 0) is 14.0 Å². The van der Waals surface area contributed by atoms with Crippen LogP contribution in [0.1, 0.15) is 23.1 Å². The van der Waals surface area contributed by atoms with Gasteiger partial charge in [-0.15, -0.1) is 0 Å². The molecular formula is C10H15N5. The molecule has 0 aromatic carbocycles. The lowest BCUT2D eigenvalue weighted by molar-refractivity contribution is 0.615. The van der Waals surface area contributed by atoms with Gasteiger partial charge in [0, 0.05) is 30.7 Å². The van der Waals surface area contributed by atoms with Crippen LogP contribution in [-0.4, -0.2) is 26.8 Å². The Balaban J connectivity index is 2.41. The van der Waals surface area contributed by atoms with Crippen LogP contribution in [0, 0.1) is 6.92 Å². The van der Waals surface area contributed by atoms with Crippen LogP contribution in [0.15, 0.2) is 18.6 Å². The molecule has 1 unspecified atom stereocenters. The van der Waals surface area contributed by atoms with Crippen LogP contribution in [0.25, 0.3) is 0 Å². The van der Waals surface area contributed by atoms with Crippen LogP contribution in [0.5, 0.6) is 0 Å². The summed E-state index contributed by atoms with van der Waals surface area (Å²) in [6, 6.07) is 0.0868. The first kappa shape index (κ1) is 9.92. The summed E-state index contributed by atoms with van der Waals surface area (Å²) < 4.78 is 2.01. The molecule has 0 aliphatic carbocycles. The monoisotopic (exact) mass is 205 g/mol. The van der Waals surface area contributed by atoms with Gasteiger partial charge in [-0.1, -0.05) is 0 Å². The lowest BCUT2D eigenvalue weighted by Gasteiger charge is -2.15. The van der Waals surface area contributed by atoms with E-state index in [0.717, 1.165) is 17.1 Å². The van der Waals surface area contributed by atoms with E-state index in [4.69, 9.17) is 0 Å². The zero-order valence-corrected chi connectivity index (χ0v) is 9.15. The number of aromatic nitrogens is 4. The Morgan fingerprint density at radius 2 is 2.33 bits per heavy atom. The number of H-pyrrole nitrogens is 1. The van der Waals surface area contributed by atoms with Gasteiger partial charge in [-0.3, -0.25) is 5.10 Å². The fraction of sp³-hybridized carbons (Fsp3) is 0.400. The summed E-state index contributed by atoms with van der Waals surface area (Å²) in [5.74, 6) is 0.988. The standard InChI is InChI=1S/C10H15N5/c1-7-8(6-13-14-7)9(11-2)10-12-4-5-15(10)3/h4-6,9,11H,1-3H3,(H,13,14). The highest BCUT2D eigenvalue weighted by molar-refractivity contribution is 5.25. The van der Waals surface area contributed by atoms with Crippen LogP contribution in [-0.2, 0) is 7.05 Å². The van der Waals surface area contributed by atoms with Crippen molar-refractivity contribution in [3.8, 4) is 0 Å². The van der Waals surface area contributed by atoms with Gasteiger partial charge in [0.05, 0.1) is 12.2 Å². The maximum atomic E-state index is 4.34. The molecule has 15 heavy (non-hydrogen) atoms. The number of aryl methyl sites for hydroxylation is 2. The average Bonchev–Trinajstić information content (AvgIpc) is 2.80. The number of aromatic amines is 1. The Hall–Kier alpha value is -1.62. The molecule has 5 heteroatoms. The van der Waals surface area contributed by atoms with Crippen molar-refractivity contribution in [3.05, 3.63) is 35.7 Å². The van der Waals surface area contributed by atoms with Crippen molar-refractivity contribution in [2.75, 3.05) is 7.05 Å². The van der Waals surface area contributed by atoms with Gasteiger partial charge in [0.1, 0.15) is 5.82 Å². The van der Waals surface area contributed by atoms with Crippen LogP contribution < -0.4 is 5.32 Å². The first-order valence-electron chi connectivity index (χ1n) is 4.88. The molecule has 0 amide bonds. The van der Waals surface area contributed by atoms with Gasteiger partial charge in [-0.25, -0.2) is 4.98 Å². The van der Waals surface area contributed by atoms with Crippen molar-refractivity contribution in [2.45, 2.75) is 13.0 Å². The van der Waals surface area contributed by atoms with Gasteiger partial charge in [0.15, 0.2) is 0 Å². The minimum atomic E-state index is 0.0868. The number of nitrogens with zero attached hydrogens (tertiary/aromatic N) is 3. The molecule has 0 radical (unpaired) electrons. The van der Waals surface area contributed by atoms with E-state index in [1.807, 2.05) is 38.0 Å². The SMILES string of the molecule is CNC(c1cn[nH]c1C)c1nccn1C. The molecule has 2 aromatic rings. The fourth-order valence-corrected chi connectivity index (χ4v) is 1.73. The minimum absolute atomic E-state index is 0.0868. The number of nitrogens with one attached hydrogen (secondary N) is 2. The van der Waals surface area contributed by atoms with E-state index in [0.29, 0.717) is 0 Å². The minimum Gasteiger partial charge on any atom is -0.336 e. The Morgan fingerprint density at radius 1 is 1.53 bits per heavy atom. The van der Waals surface area contributed by atoms with Crippen LogP contribution >= 0.6 is 0 Å². The third-order valence-corrected chi connectivity index (χ3v) is 2.59. The smallest absolute Gasteiger partial charge is 0.130 e. The molecule has 0 fully saturated rings. The average molecular weight is 205 g/mol. The Morgan fingerprint density at radius 3 is 2.80 bits per heavy atom. The normalized spacial score (nSPS) is 13.0. The van der Waals surface area contributed by atoms with E-state index < -0.39 is 0 Å². The van der Waals surface area contributed by atoms with Gasteiger partial charge < -0.3 is 9.88 Å². The predicted octanol–water partition coefficient (Wildman–Crippen LogP) is 0.760. The first-order valence-corrected chi connectivity index (χ1v) is 4.88. The highest BCUT2D eigenvalue weighted by Gasteiger charge is 2.19. The lowest BCUT2D eigenvalue weighted by atomic mass is 10.1. The summed E-state index contributed by atoms with van der Waals surface area (Å²) >= 11 is 0. The highest BCUT2D eigenvalue weighted by Crippen LogP contribution is 2.21. The van der Waals surface area contributed by atoms with Crippen molar-refractivity contribution < 1.29 is 0 Å². The molecule has 2 rings (SSSR count). The molecular weight excluding hydrogens is 190 g/mol. The predicted molar refractivity (Wildman–Crippen MR) is 57.4 cm³/mol. The zero-order chi connectivity index (χ0) is 10.8. The van der Waals surface area contributed by atoms with Gasteiger partial charge in [0.25, 0.3) is 0 Å². The van der Waals surface area contributed by atoms with Crippen molar-refractivity contribution in [1.82, 2.24) is 25.1 Å². The molecule has 2 N–H and O–H groups in total. The van der Waals surface area contributed by atoms with E-state index in [1.54, 1.807) is 6.20 Å². The Labute approximate surface area is 88.5 Å². The molecule has 80 valence electrons. The fourth-order valence-electron chi connectivity index (χ4n) is 1.73. The van der Waals surface area contributed by atoms with Crippen LogP contribution in [0.4, 0.5) is 0 Å². The van der Waals surface area contributed by atoms with Gasteiger partial charge in [0.2, 0.25) is 0 Å². The van der Waals surface area contributed by atoms with Crippen molar-refractivity contribution >= 4 is 0 Å². The van der Waals surface area contributed by atoms with Gasteiger partial charge in [-0.2, -0.15) is 5.10 Å². The Bertz CT molecular complexity index is 402. The van der Waals surface area contributed by atoms with Crippen LogP contribution in [0.2, 0.25) is 0 Å². The maximum Gasteiger partial charge on any atom is 0.130 e. The summed E-state index contributed by atoms with van der Waals surface area (Å²) in [6.07, 6.45) is 5.58. The summed E-state index contributed by atoms with van der Waals surface area (Å²) in [5.41, 5.74) is 2.20. The van der Waals surface area contributed by atoms with E-state index in [1.165, 1.54) is 0 Å². The molecule has 0 aliphatic heterocycles. The number of hydrogen-bond acceptors (Lipinski definition) is 3. The molecule has 0 saturated heterocycles. The highest BCUT2D eigenvalue weighted by atomic mass is 15.1. The zero-order valence-electron chi connectivity index (χ0n) is 9.15. The lowest BCUT2D eigenvalue weighted by Crippen LogP contribution is -2.21. The summed E-state index contributed by atoms with van der Waals surface area (Å²) in [4.78, 5) is 4.34. The van der Waals surface area contributed by atoms with E-state index in [9.17, 15) is 0 Å². The molecule has 2 heterocycles. The molecule has 0 aliphatic rings. The third kappa shape index (κ3) is 1.66. The quantitative estimate of drug-likeness (QED) is 0.777. The topological polar surface area (TPSA) is 58.5 Å². The van der Waals surface area contributed by atoms with Crippen molar-refractivity contribution in [3.63, 3.8) is 0 Å². The summed E-state index contributed by atoms with van der Waals surface area (Å²) in [7, 11) is 3.91. The number of rotatable bonds is 3. The first-order chi connectivity index (χ1) is 7.24. The van der Waals surface area contributed by atoms with E-state index in [2.05, 4.69) is 20.5 Å². The second kappa shape index (κ2) is 3.86.